The molecule has 0 spiro atoms. The van der Waals surface area contributed by atoms with Gasteiger partial charge in [-0.15, -0.1) is 0 Å². The number of hydrogen-bond acceptors (Lipinski definition) is 5. The number of imidazole rings is 1. The molecule has 1 aliphatic rings. The summed E-state index contributed by atoms with van der Waals surface area (Å²) >= 11 is 1.51. The van der Waals surface area contributed by atoms with Crippen LogP contribution in [0.15, 0.2) is 66.0 Å². The van der Waals surface area contributed by atoms with Gasteiger partial charge in [0.2, 0.25) is 5.91 Å². The van der Waals surface area contributed by atoms with Crippen molar-refractivity contribution in [2.75, 3.05) is 39.5 Å². The minimum atomic E-state index is -0.0517. The van der Waals surface area contributed by atoms with Crippen molar-refractivity contribution in [3.8, 4) is 11.4 Å². The maximum atomic E-state index is 13.5. The van der Waals surface area contributed by atoms with Crippen LogP contribution in [0.4, 0.5) is 0 Å². The Morgan fingerprint density at radius 1 is 0.971 bits per heavy atom. The predicted molar refractivity (Wildman–Crippen MR) is 134 cm³/mol. The number of carbonyl (C=O) groups is 2. The first-order chi connectivity index (χ1) is 16.6. The Balaban J connectivity index is 1.39. The number of para-hydroxylation sites is 1. The van der Waals surface area contributed by atoms with Gasteiger partial charge >= 0.3 is 0 Å². The molecule has 4 rings (SSSR count). The lowest BCUT2D eigenvalue weighted by molar-refractivity contribution is -0.131. The van der Waals surface area contributed by atoms with Crippen LogP contribution in [0.5, 0.6) is 5.75 Å². The Hall–Kier alpha value is -3.26. The first-order valence-electron chi connectivity index (χ1n) is 11.5. The number of aromatic nitrogens is 2. The number of benzene rings is 2. The number of aryl methyl sites for hydroxylation is 1. The number of hydrogen-bond donors (Lipinski definition) is 0. The monoisotopic (exact) mass is 478 g/mol. The predicted octanol–water partition coefficient (Wildman–Crippen LogP) is 3.91. The van der Waals surface area contributed by atoms with Crippen LogP contribution in [0.3, 0.4) is 0 Å². The van der Waals surface area contributed by atoms with Crippen LogP contribution < -0.4 is 4.74 Å². The average molecular weight is 479 g/mol. The number of ether oxygens (including phenoxy) is 1. The van der Waals surface area contributed by atoms with E-state index in [0.717, 1.165) is 28.6 Å². The van der Waals surface area contributed by atoms with E-state index in [4.69, 9.17) is 4.74 Å². The van der Waals surface area contributed by atoms with E-state index in [2.05, 4.69) is 4.98 Å². The molecule has 0 N–H and O–H groups in total. The molecule has 0 unspecified atom stereocenters. The standard InChI is InChI=1S/C26H30N4O3S/c1-33-22-12-9-20(10-13-22)11-14-24(31)28-15-6-16-29(18-17-28)25(32)23-19-27-26(34-2)30(23)21-7-4-3-5-8-21/h3-5,7-10,12-13,19H,6,11,14-18H2,1-2H3. The van der Waals surface area contributed by atoms with Crippen molar-refractivity contribution in [2.24, 2.45) is 0 Å². The van der Waals surface area contributed by atoms with Gasteiger partial charge in [0.05, 0.1) is 13.3 Å². The minimum absolute atomic E-state index is 0.0517. The van der Waals surface area contributed by atoms with Crippen molar-refractivity contribution in [3.63, 3.8) is 0 Å². The Kier molecular flexibility index (Phi) is 7.90. The number of methoxy groups -OCH3 is 1. The lowest BCUT2D eigenvalue weighted by Gasteiger charge is -2.23. The molecule has 1 saturated heterocycles. The highest BCUT2D eigenvalue weighted by atomic mass is 32.2. The highest BCUT2D eigenvalue weighted by molar-refractivity contribution is 7.98. The summed E-state index contributed by atoms with van der Waals surface area (Å²) in [6, 6.07) is 17.6. The van der Waals surface area contributed by atoms with Crippen molar-refractivity contribution < 1.29 is 14.3 Å². The zero-order chi connectivity index (χ0) is 23.9. The van der Waals surface area contributed by atoms with E-state index >= 15 is 0 Å². The van der Waals surface area contributed by atoms with Crippen molar-refractivity contribution in [1.29, 1.82) is 0 Å². The normalized spacial score (nSPS) is 14.1. The first kappa shape index (κ1) is 23.9. The van der Waals surface area contributed by atoms with Gasteiger partial charge in [-0.25, -0.2) is 4.98 Å². The van der Waals surface area contributed by atoms with Gasteiger partial charge in [0, 0.05) is 38.3 Å². The second-order valence-electron chi connectivity index (χ2n) is 8.18. The molecule has 178 valence electrons. The molecule has 1 aromatic heterocycles. The van der Waals surface area contributed by atoms with Crippen LogP contribution in [0.2, 0.25) is 0 Å². The fourth-order valence-electron chi connectivity index (χ4n) is 4.19. The van der Waals surface area contributed by atoms with Crippen molar-refractivity contribution in [2.45, 2.75) is 24.4 Å². The van der Waals surface area contributed by atoms with E-state index in [1.54, 1.807) is 13.3 Å². The van der Waals surface area contributed by atoms with Crippen LogP contribution in [0.25, 0.3) is 5.69 Å². The second kappa shape index (κ2) is 11.2. The van der Waals surface area contributed by atoms with Crippen LogP contribution in [-0.4, -0.2) is 70.7 Å². The molecule has 0 bridgehead atoms. The summed E-state index contributed by atoms with van der Waals surface area (Å²) < 4.78 is 7.10. The van der Waals surface area contributed by atoms with Crippen LogP contribution in [-0.2, 0) is 11.2 Å². The van der Waals surface area contributed by atoms with Crippen molar-refractivity contribution in [1.82, 2.24) is 19.4 Å². The maximum absolute atomic E-state index is 13.5. The van der Waals surface area contributed by atoms with E-state index < -0.39 is 0 Å². The van der Waals surface area contributed by atoms with Crippen LogP contribution in [0.1, 0.15) is 28.9 Å². The van der Waals surface area contributed by atoms with E-state index in [1.807, 2.05) is 75.2 Å². The SMILES string of the molecule is COc1ccc(CCC(=O)N2CCCN(C(=O)c3cnc(SC)n3-c3ccccc3)CC2)cc1. The van der Waals surface area contributed by atoms with Crippen LogP contribution in [0, 0.1) is 0 Å². The molecule has 2 heterocycles. The number of nitrogens with zero attached hydrogens (tertiary/aromatic N) is 4. The Morgan fingerprint density at radius 2 is 1.68 bits per heavy atom. The van der Waals surface area contributed by atoms with Crippen molar-refractivity contribution >= 4 is 23.6 Å². The molecular formula is C26H30N4O3S. The van der Waals surface area contributed by atoms with Crippen molar-refractivity contribution in [3.05, 3.63) is 72.1 Å². The highest BCUT2D eigenvalue weighted by Gasteiger charge is 2.26. The molecule has 7 nitrogen and oxygen atoms in total. The summed E-state index contributed by atoms with van der Waals surface area (Å²) in [5, 5.41) is 0.778. The third kappa shape index (κ3) is 5.44. The molecule has 0 saturated carbocycles. The fourth-order valence-corrected chi connectivity index (χ4v) is 4.73. The lowest BCUT2D eigenvalue weighted by Crippen LogP contribution is -2.38. The molecule has 1 aliphatic heterocycles. The van der Waals surface area contributed by atoms with Gasteiger partial charge in [0.25, 0.3) is 5.91 Å². The molecular weight excluding hydrogens is 448 g/mol. The number of carbonyl (C=O) groups excluding carboxylic acids is 2. The fraction of sp³-hybridized carbons (Fsp3) is 0.346. The third-order valence-electron chi connectivity index (χ3n) is 6.07. The summed E-state index contributed by atoms with van der Waals surface area (Å²) in [4.78, 5) is 34.5. The average Bonchev–Trinajstić information content (AvgIpc) is 3.16. The maximum Gasteiger partial charge on any atom is 0.272 e. The van der Waals surface area contributed by atoms with Gasteiger partial charge in [-0.3, -0.25) is 14.2 Å². The Morgan fingerprint density at radius 3 is 2.38 bits per heavy atom. The van der Waals surface area contributed by atoms with E-state index in [-0.39, 0.29) is 11.8 Å². The largest absolute Gasteiger partial charge is 0.497 e. The molecule has 0 aliphatic carbocycles. The highest BCUT2D eigenvalue weighted by Crippen LogP contribution is 2.23. The molecule has 3 aromatic rings. The molecule has 1 fully saturated rings. The zero-order valence-electron chi connectivity index (χ0n) is 19.6. The molecule has 2 aromatic carbocycles. The van der Waals surface area contributed by atoms with E-state index in [0.29, 0.717) is 44.7 Å². The molecule has 8 heteroatoms. The third-order valence-corrected chi connectivity index (χ3v) is 6.72. The molecule has 34 heavy (non-hydrogen) atoms. The van der Waals surface area contributed by atoms with Gasteiger partial charge in [-0.2, -0.15) is 0 Å². The van der Waals surface area contributed by atoms with Gasteiger partial charge in [0.1, 0.15) is 11.4 Å². The van der Waals surface area contributed by atoms with E-state index in [9.17, 15) is 9.59 Å². The quantitative estimate of drug-likeness (QED) is 0.482. The first-order valence-corrected chi connectivity index (χ1v) is 12.7. The summed E-state index contributed by atoms with van der Waals surface area (Å²) in [7, 11) is 1.64. The number of rotatable bonds is 7. The summed E-state index contributed by atoms with van der Waals surface area (Å²) in [5.41, 5.74) is 2.58. The number of thioether (sulfide) groups is 1. The topological polar surface area (TPSA) is 67.7 Å². The smallest absolute Gasteiger partial charge is 0.272 e. The molecule has 0 radical (unpaired) electrons. The lowest BCUT2D eigenvalue weighted by atomic mass is 10.1. The summed E-state index contributed by atoms with van der Waals surface area (Å²) in [6.45, 7) is 2.35. The second-order valence-corrected chi connectivity index (χ2v) is 8.95. The summed E-state index contributed by atoms with van der Waals surface area (Å²) in [6.07, 6.45) is 5.52. The molecule has 2 amide bonds. The molecule has 0 atom stereocenters. The number of amides is 2. The van der Waals surface area contributed by atoms with Gasteiger partial charge in [-0.05, 0) is 48.9 Å². The van der Waals surface area contributed by atoms with E-state index in [1.165, 1.54) is 11.8 Å². The summed E-state index contributed by atoms with van der Waals surface area (Å²) in [5.74, 6) is 0.888. The zero-order valence-corrected chi connectivity index (χ0v) is 20.5. The van der Waals surface area contributed by atoms with Gasteiger partial charge in [0.15, 0.2) is 5.16 Å². The van der Waals surface area contributed by atoms with Gasteiger partial charge in [-0.1, -0.05) is 42.1 Å². The van der Waals surface area contributed by atoms with Gasteiger partial charge < -0.3 is 14.5 Å². The van der Waals surface area contributed by atoms with Crippen LogP contribution >= 0.6 is 11.8 Å². The Bertz CT molecular complexity index is 1110. The minimum Gasteiger partial charge on any atom is -0.497 e. The Labute approximate surface area is 204 Å².